The SMILES string of the molecule is CN(C)CC=CC(=O)Nc1cc2c(=O)[nH]cnc2cc1OC1CCOC1. The Kier molecular flexibility index (Phi) is 5.65. The van der Waals surface area contributed by atoms with Crippen LogP contribution in [0.25, 0.3) is 10.9 Å². The number of anilines is 1. The van der Waals surface area contributed by atoms with Gasteiger partial charge in [0.2, 0.25) is 5.91 Å². The van der Waals surface area contributed by atoms with Crippen molar-refractivity contribution >= 4 is 22.5 Å². The second-order valence-corrected chi connectivity index (χ2v) is 6.35. The van der Waals surface area contributed by atoms with Crippen molar-refractivity contribution in [3.63, 3.8) is 0 Å². The molecule has 8 nitrogen and oxygen atoms in total. The van der Waals surface area contributed by atoms with Crippen LogP contribution >= 0.6 is 0 Å². The van der Waals surface area contributed by atoms with Crippen molar-refractivity contribution in [2.45, 2.75) is 12.5 Å². The summed E-state index contributed by atoms with van der Waals surface area (Å²) in [6.07, 6.45) is 5.25. The molecule has 8 heteroatoms. The fourth-order valence-corrected chi connectivity index (χ4v) is 2.62. The molecule has 2 heterocycles. The minimum absolute atomic E-state index is 0.0885. The molecule has 1 aliphatic rings. The maximum atomic E-state index is 12.2. The van der Waals surface area contributed by atoms with Gasteiger partial charge in [0.05, 0.1) is 36.1 Å². The third-order valence-corrected chi connectivity index (χ3v) is 3.92. The number of nitrogens with one attached hydrogen (secondary N) is 2. The van der Waals surface area contributed by atoms with Gasteiger partial charge in [-0.1, -0.05) is 6.08 Å². The predicted octanol–water partition coefficient (Wildman–Crippen LogP) is 1.15. The number of ether oxygens (including phenoxy) is 2. The number of H-pyrrole nitrogens is 1. The zero-order chi connectivity index (χ0) is 18.5. The van der Waals surface area contributed by atoms with Crippen molar-refractivity contribution in [2.24, 2.45) is 0 Å². The highest BCUT2D eigenvalue weighted by atomic mass is 16.5. The van der Waals surface area contributed by atoms with E-state index in [1.807, 2.05) is 19.0 Å². The Morgan fingerprint density at radius 2 is 2.35 bits per heavy atom. The standard InChI is InChI=1S/C18H22N4O4/c1-22(2)6-3-4-17(23)21-15-8-13-14(19-11-20-18(13)24)9-16(15)26-12-5-7-25-10-12/h3-4,8-9,11-12H,5-7,10H2,1-2H3,(H,21,23)(H,19,20,24). The average molecular weight is 358 g/mol. The Morgan fingerprint density at radius 1 is 1.50 bits per heavy atom. The van der Waals surface area contributed by atoms with Crippen LogP contribution in [0.1, 0.15) is 6.42 Å². The number of aromatic nitrogens is 2. The fourth-order valence-electron chi connectivity index (χ4n) is 2.62. The highest BCUT2D eigenvalue weighted by molar-refractivity contribution is 6.02. The first-order valence-corrected chi connectivity index (χ1v) is 8.41. The third-order valence-electron chi connectivity index (χ3n) is 3.92. The number of amides is 1. The van der Waals surface area contributed by atoms with Crippen LogP contribution in [0.5, 0.6) is 5.75 Å². The van der Waals surface area contributed by atoms with Crippen molar-refractivity contribution in [3.05, 3.63) is 41.0 Å². The summed E-state index contributed by atoms with van der Waals surface area (Å²) < 4.78 is 11.3. The van der Waals surface area contributed by atoms with Gasteiger partial charge in [-0.15, -0.1) is 0 Å². The van der Waals surface area contributed by atoms with Crippen molar-refractivity contribution < 1.29 is 14.3 Å². The minimum Gasteiger partial charge on any atom is -0.486 e. The number of benzene rings is 1. The Balaban J connectivity index is 1.89. The molecule has 0 radical (unpaired) electrons. The molecule has 0 saturated carbocycles. The number of carbonyl (C=O) groups is 1. The molecule has 0 bridgehead atoms. The summed E-state index contributed by atoms with van der Waals surface area (Å²) in [6, 6.07) is 3.26. The van der Waals surface area contributed by atoms with Gasteiger partial charge in [-0.3, -0.25) is 9.59 Å². The smallest absolute Gasteiger partial charge is 0.258 e. The lowest BCUT2D eigenvalue weighted by Gasteiger charge is -2.16. The Labute approximate surface area is 150 Å². The summed E-state index contributed by atoms with van der Waals surface area (Å²) in [5.74, 6) is 0.180. The van der Waals surface area contributed by atoms with Crippen LogP contribution in [0.4, 0.5) is 5.69 Å². The van der Waals surface area contributed by atoms with E-state index in [4.69, 9.17) is 9.47 Å². The number of nitrogens with zero attached hydrogens (tertiary/aromatic N) is 2. The normalized spacial score (nSPS) is 17.3. The van der Waals surface area contributed by atoms with E-state index in [1.165, 1.54) is 12.4 Å². The molecule has 2 N–H and O–H groups in total. The van der Waals surface area contributed by atoms with Gasteiger partial charge in [-0.25, -0.2) is 4.98 Å². The molecule has 26 heavy (non-hydrogen) atoms. The topological polar surface area (TPSA) is 96.6 Å². The molecule has 1 aliphatic heterocycles. The molecule has 3 rings (SSSR count). The number of fused-ring (bicyclic) bond motifs is 1. The van der Waals surface area contributed by atoms with Crippen LogP contribution in [-0.4, -0.2) is 60.7 Å². The number of aromatic amines is 1. The highest BCUT2D eigenvalue weighted by Gasteiger charge is 2.20. The van der Waals surface area contributed by atoms with Gasteiger partial charge >= 0.3 is 0 Å². The third kappa shape index (κ3) is 4.47. The van der Waals surface area contributed by atoms with Crippen LogP contribution in [-0.2, 0) is 9.53 Å². The molecule has 1 aromatic carbocycles. The molecule has 1 unspecified atom stereocenters. The van der Waals surface area contributed by atoms with Gasteiger partial charge in [0.15, 0.2) is 0 Å². The van der Waals surface area contributed by atoms with Crippen molar-refractivity contribution in [2.75, 3.05) is 39.2 Å². The second-order valence-electron chi connectivity index (χ2n) is 6.35. The lowest BCUT2D eigenvalue weighted by molar-refractivity contribution is -0.111. The van der Waals surface area contributed by atoms with E-state index in [1.54, 1.807) is 18.2 Å². The summed E-state index contributed by atoms with van der Waals surface area (Å²) in [5.41, 5.74) is 0.663. The molecule has 0 aliphatic carbocycles. The summed E-state index contributed by atoms with van der Waals surface area (Å²) in [4.78, 5) is 32.9. The van der Waals surface area contributed by atoms with Crippen molar-refractivity contribution in [1.29, 1.82) is 0 Å². The van der Waals surface area contributed by atoms with E-state index in [0.29, 0.717) is 42.1 Å². The molecule has 2 aromatic rings. The number of carbonyl (C=O) groups excluding carboxylic acids is 1. The molecule has 1 fully saturated rings. The summed E-state index contributed by atoms with van der Waals surface area (Å²) in [7, 11) is 3.83. The van der Waals surface area contributed by atoms with Crippen LogP contribution in [0.3, 0.4) is 0 Å². The molecule has 1 aromatic heterocycles. The fraction of sp³-hybridized carbons (Fsp3) is 0.389. The monoisotopic (exact) mass is 358 g/mol. The highest BCUT2D eigenvalue weighted by Crippen LogP contribution is 2.30. The van der Waals surface area contributed by atoms with E-state index in [0.717, 1.165) is 6.42 Å². The zero-order valence-electron chi connectivity index (χ0n) is 14.8. The molecular weight excluding hydrogens is 336 g/mol. The van der Waals surface area contributed by atoms with Crippen LogP contribution < -0.4 is 15.6 Å². The van der Waals surface area contributed by atoms with E-state index in [-0.39, 0.29) is 17.6 Å². The first kappa shape index (κ1) is 18.1. The van der Waals surface area contributed by atoms with Crippen molar-refractivity contribution in [3.8, 4) is 5.75 Å². The maximum absolute atomic E-state index is 12.2. The van der Waals surface area contributed by atoms with Gasteiger partial charge < -0.3 is 24.7 Å². The Hall–Kier alpha value is -2.71. The van der Waals surface area contributed by atoms with Gasteiger partial charge in [-0.05, 0) is 20.2 Å². The summed E-state index contributed by atoms with van der Waals surface area (Å²) in [6.45, 7) is 1.79. The van der Waals surface area contributed by atoms with Gasteiger partial charge in [0.25, 0.3) is 5.56 Å². The molecular formula is C18H22N4O4. The minimum atomic E-state index is -0.293. The van der Waals surface area contributed by atoms with E-state index >= 15 is 0 Å². The molecule has 1 atom stereocenters. The number of hydrogen-bond donors (Lipinski definition) is 2. The molecule has 0 spiro atoms. The summed E-state index contributed by atoms with van der Waals surface area (Å²) >= 11 is 0. The lowest BCUT2D eigenvalue weighted by atomic mass is 10.2. The van der Waals surface area contributed by atoms with Gasteiger partial charge in [0.1, 0.15) is 11.9 Å². The first-order valence-electron chi connectivity index (χ1n) is 8.41. The zero-order valence-corrected chi connectivity index (χ0v) is 14.8. The average Bonchev–Trinajstić information content (AvgIpc) is 3.09. The molecule has 1 amide bonds. The second kappa shape index (κ2) is 8.11. The Bertz CT molecular complexity index is 869. The van der Waals surface area contributed by atoms with Gasteiger partial charge in [0, 0.05) is 25.1 Å². The van der Waals surface area contributed by atoms with Gasteiger partial charge in [-0.2, -0.15) is 0 Å². The van der Waals surface area contributed by atoms with E-state index < -0.39 is 0 Å². The van der Waals surface area contributed by atoms with Crippen LogP contribution in [0.2, 0.25) is 0 Å². The van der Waals surface area contributed by atoms with E-state index in [2.05, 4.69) is 15.3 Å². The first-order chi connectivity index (χ1) is 12.5. The number of likely N-dealkylation sites (N-methyl/N-ethyl adjacent to an activating group) is 1. The number of hydrogen-bond acceptors (Lipinski definition) is 6. The van der Waals surface area contributed by atoms with Crippen LogP contribution in [0, 0.1) is 0 Å². The molecule has 1 saturated heterocycles. The van der Waals surface area contributed by atoms with Crippen molar-refractivity contribution in [1.82, 2.24) is 14.9 Å². The predicted molar refractivity (Wildman–Crippen MR) is 98.5 cm³/mol. The lowest BCUT2D eigenvalue weighted by Crippen LogP contribution is -2.18. The van der Waals surface area contributed by atoms with E-state index in [9.17, 15) is 9.59 Å². The summed E-state index contributed by atoms with van der Waals surface area (Å²) in [5, 5.41) is 3.17. The number of rotatable bonds is 6. The molecule has 138 valence electrons. The van der Waals surface area contributed by atoms with Crippen LogP contribution in [0.15, 0.2) is 35.4 Å². The maximum Gasteiger partial charge on any atom is 0.258 e. The largest absolute Gasteiger partial charge is 0.486 e. The quantitative estimate of drug-likeness (QED) is 0.752. The Morgan fingerprint density at radius 3 is 3.08 bits per heavy atom.